The molecule has 4 rings (SSSR count). The van der Waals surface area contributed by atoms with Crippen LogP contribution in [0.1, 0.15) is 42.8 Å². The maximum Gasteiger partial charge on any atom is 0.255 e. The van der Waals surface area contributed by atoms with Gasteiger partial charge in [0.2, 0.25) is 5.71 Å². The Kier molecular flexibility index (Phi) is 6.53. The van der Waals surface area contributed by atoms with Gasteiger partial charge in [0.05, 0.1) is 24.2 Å². The number of amides is 1. The lowest BCUT2D eigenvalue weighted by Gasteiger charge is -2.34. The molecule has 0 spiro atoms. The molecule has 30 heavy (non-hydrogen) atoms. The number of hydrogen-bond acceptors (Lipinski definition) is 7. The molecule has 2 fully saturated rings. The number of carbonyl (C=O) groups excluding carboxylic acids is 1. The van der Waals surface area contributed by atoms with Crippen LogP contribution in [0.2, 0.25) is 0 Å². The number of morpholine rings is 1. The fraction of sp³-hybridized carbons (Fsp3) is 0.682. The van der Waals surface area contributed by atoms with Crippen LogP contribution in [0.4, 0.5) is 5.82 Å². The van der Waals surface area contributed by atoms with E-state index in [0.717, 1.165) is 56.8 Å². The quantitative estimate of drug-likeness (QED) is 0.726. The highest BCUT2D eigenvalue weighted by Gasteiger charge is 2.26. The van der Waals surface area contributed by atoms with Gasteiger partial charge in [0.1, 0.15) is 17.9 Å². The first-order chi connectivity index (χ1) is 14.5. The minimum absolute atomic E-state index is 0.115. The number of ether oxygens (including phenoxy) is 1. The normalized spacial score (nSPS) is 23.1. The highest BCUT2D eigenvalue weighted by Crippen LogP contribution is 2.31. The molecule has 0 bridgehead atoms. The summed E-state index contributed by atoms with van der Waals surface area (Å²) in [6, 6.07) is 0. The van der Waals surface area contributed by atoms with Gasteiger partial charge < -0.3 is 24.3 Å². The number of anilines is 1. The number of nitrogens with zero attached hydrogens (tertiary/aromatic N) is 4. The van der Waals surface area contributed by atoms with Crippen LogP contribution in [0, 0.1) is 18.8 Å². The number of aromatic nitrogens is 2. The lowest BCUT2D eigenvalue weighted by atomic mass is 9.92. The van der Waals surface area contributed by atoms with Crippen molar-refractivity contribution in [2.75, 3.05) is 57.4 Å². The van der Waals surface area contributed by atoms with Crippen molar-refractivity contribution < 1.29 is 13.9 Å². The highest BCUT2D eigenvalue weighted by atomic mass is 16.5. The van der Waals surface area contributed by atoms with E-state index in [4.69, 9.17) is 9.15 Å². The van der Waals surface area contributed by atoms with Gasteiger partial charge in [-0.2, -0.15) is 0 Å². The Labute approximate surface area is 178 Å². The van der Waals surface area contributed by atoms with E-state index < -0.39 is 0 Å². The third kappa shape index (κ3) is 4.59. The molecule has 0 aromatic carbocycles. The minimum Gasteiger partial charge on any atom is -0.442 e. The molecule has 8 heteroatoms. The van der Waals surface area contributed by atoms with E-state index >= 15 is 0 Å². The van der Waals surface area contributed by atoms with Crippen molar-refractivity contribution in [2.45, 2.75) is 33.6 Å². The molecule has 8 nitrogen and oxygen atoms in total. The lowest BCUT2D eigenvalue weighted by Crippen LogP contribution is -2.40. The minimum atomic E-state index is -0.115. The molecule has 1 N–H and O–H groups in total. The summed E-state index contributed by atoms with van der Waals surface area (Å²) in [5, 5.41) is 3.79. The summed E-state index contributed by atoms with van der Waals surface area (Å²) in [6.45, 7) is 13.2. The third-order valence-corrected chi connectivity index (χ3v) is 6.06. The van der Waals surface area contributed by atoms with Gasteiger partial charge in [-0.25, -0.2) is 9.97 Å². The maximum atomic E-state index is 13.0. The first-order valence-corrected chi connectivity index (χ1v) is 11.1. The highest BCUT2D eigenvalue weighted by molar-refractivity contribution is 6.10. The van der Waals surface area contributed by atoms with Crippen LogP contribution < -0.4 is 10.2 Å². The third-order valence-electron chi connectivity index (χ3n) is 6.06. The largest absolute Gasteiger partial charge is 0.442 e. The van der Waals surface area contributed by atoms with Crippen LogP contribution in [0.15, 0.2) is 10.7 Å². The van der Waals surface area contributed by atoms with Crippen molar-refractivity contribution in [3.05, 3.63) is 17.7 Å². The molecule has 0 radical (unpaired) electrons. The monoisotopic (exact) mass is 415 g/mol. The predicted molar refractivity (Wildman–Crippen MR) is 116 cm³/mol. The molecule has 1 amide bonds. The Bertz CT molecular complexity index is 867. The molecule has 0 saturated carbocycles. The summed E-state index contributed by atoms with van der Waals surface area (Å²) in [5.41, 5.74) is 1.01. The lowest BCUT2D eigenvalue weighted by molar-refractivity contribution is 0.0947. The van der Waals surface area contributed by atoms with Crippen LogP contribution in [0.25, 0.3) is 11.1 Å². The zero-order valence-electron chi connectivity index (χ0n) is 18.3. The number of aryl methyl sites for hydroxylation is 1. The molecular formula is C22H33N5O3. The van der Waals surface area contributed by atoms with Crippen molar-refractivity contribution in [1.82, 2.24) is 20.2 Å². The van der Waals surface area contributed by atoms with Gasteiger partial charge in [-0.15, -0.1) is 0 Å². The Hall–Kier alpha value is -2.19. The smallest absolute Gasteiger partial charge is 0.255 e. The topological polar surface area (TPSA) is 83.7 Å². The van der Waals surface area contributed by atoms with Gasteiger partial charge in [-0.3, -0.25) is 4.79 Å². The standard InChI is InChI=1S/C22H33N5O3/c1-15-11-16(2)13-26(12-15)6-4-5-23-21(28)18-17(3)30-22-19(18)20(24-14-25-22)27-7-9-29-10-8-27/h14-16H,4-13H2,1-3H3,(H,23,28)/t15-,16+. The van der Waals surface area contributed by atoms with E-state index in [2.05, 4.69) is 38.9 Å². The summed E-state index contributed by atoms with van der Waals surface area (Å²) in [7, 11) is 0. The zero-order chi connectivity index (χ0) is 21.1. The van der Waals surface area contributed by atoms with E-state index in [1.54, 1.807) is 0 Å². The molecule has 2 aliphatic heterocycles. The molecular weight excluding hydrogens is 382 g/mol. The second kappa shape index (κ2) is 9.31. The molecule has 4 heterocycles. The van der Waals surface area contributed by atoms with E-state index in [1.807, 2.05) is 6.92 Å². The van der Waals surface area contributed by atoms with Gasteiger partial charge >= 0.3 is 0 Å². The number of furan rings is 1. The number of fused-ring (bicyclic) bond motifs is 1. The van der Waals surface area contributed by atoms with Crippen molar-refractivity contribution >= 4 is 22.8 Å². The first kappa shape index (κ1) is 21.1. The molecule has 2 atom stereocenters. The fourth-order valence-corrected chi connectivity index (χ4v) is 4.88. The molecule has 2 aromatic rings. The van der Waals surface area contributed by atoms with Crippen LogP contribution in [-0.2, 0) is 4.74 Å². The molecule has 2 aromatic heterocycles. The second-order valence-electron chi connectivity index (χ2n) is 8.83. The Morgan fingerprint density at radius 1 is 1.20 bits per heavy atom. The number of rotatable bonds is 6. The molecule has 0 unspecified atom stereocenters. The van der Waals surface area contributed by atoms with E-state index in [-0.39, 0.29) is 5.91 Å². The van der Waals surface area contributed by atoms with Crippen molar-refractivity contribution in [3.8, 4) is 0 Å². The number of hydrogen-bond donors (Lipinski definition) is 1. The van der Waals surface area contributed by atoms with Gasteiger partial charge in [0.25, 0.3) is 5.91 Å². The summed E-state index contributed by atoms with van der Waals surface area (Å²) in [4.78, 5) is 26.4. The van der Waals surface area contributed by atoms with E-state index in [1.165, 1.54) is 12.7 Å². The Balaban J connectivity index is 1.42. The average molecular weight is 416 g/mol. The van der Waals surface area contributed by atoms with Crippen molar-refractivity contribution in [2.24, 2.45) is 11.8 Å². The first-order valence-electron chi connectivity index (χ1n) is 11.1. The van der Waals surface area contributed by atoms with Gasteiger partial charge in [-0.1, -0.05) is 13.8 Å². The van der Waals surface area contributed by atoms with Crippen LogP contribution in [0.5, 0.6) is 0 Å². The molecule has 164 valence electrons. The van der Waals surface area contributed by atoms with Gasteiger partial charge in [0, 0.05) is 32.7 Å². The second-order valence-corrected chi connectivity index (χ2v) is 8.83. The number of likely N-dealkylation sites (tertiary alicyclic amines) is 1. The zero-order valence-corrected chi connectivity index (χ0v) is 18.3. The van der Waals surface area contributed by atoms with Crippen LogP contribution >= 0.6 is 0 Å². The van der Waals surface area contributed by atoms with Crippen LogP contribution in [0.3, 0.4) is 0 Å². The van der Waals surface area contributed by atoms with E-state index in [9.17, 15) is 4.79 Å². The van der Waals surface area contributed by atoms with E-state index in [0.29, 0.717) is 42.2 Å². The predicted octanol–water partition coefficient (Wildman–Crippen LogP) is 2.47. The van der Waals surface area contributed by atoms with Crippen molar-refractivity contribution in [3.63, 3.8) is 0 Å². The number of carbonyl (C=O) groups is 1. The fourth-order valence-electron chi connectivity index (χ4n) is 4.88. The van der Waals surface area contributed by atoms with Crippen molar-refractivity contribution in [1.29, 1.82) is 0 Å². The summed E-state index contributed by atoms with van der Waals surface area (Å²) >= 11 is 0. The van der Waals surface area contributed by atoms with Gasteiger partial charge in [0.15, 0.2) is 0 Å². The number of piperidine rings is 1. The number of nitrogens with one attached hydrogen (secondary N) is 1. The summed E-state index contributed by atoms with van der Waals surface area (Å²) in [5.74, 6) is 2.72. The van der Waals surface area contributed by atoms with Gasteiger partial charge in [-0.05, 0) is 38.1 Å². The average Bonchev–Trinajstić information content (AvgIpc) is 3.07. The molecule has 2 saturated heterocycles. The Morgan fingerprint density at radius 2 is 1.93 bits per heavy atom. The molecule has 0 aliphatic carbocycles. The SMILES string of the molecule is Cc1oc2ncnc(N3CCOCC3)c2c1C(=O)NCCCN1C[C@H](C)C[C@H](C)C1. The summed E-state index contributed by atoms with van der Waals surface area (Å²) in [6.07, 6.45) is 3.75. The summed E-state index contributed by atoms with van der Waals surface area (Å²) < 4.78 is 11.3. The Morgan fingerprint density at radius 3 is 2.67 bits per heavy atom. The maximum absolute atomic E-state index is 13.0. The van der Waals surface area contributed by atoms with Crippen LogP contribution in [-0.4, -0.2) is 73.3 Å². The molecule has 2 aliphatic rings.